The van der Waals surface area contributed by atoms with Crippen molar-refractivity contribution in [3.05, 3.63) is 93.9 Å². The first-order valence-electron chi connectivity index (χ1n) is 8.00. The van der Waals surface area contributed by atoms with Crippen LogP contribution < -0.4 is 9.96 Å². The van der Waals surface area contributed by atoms with Gasteiger partial charge in [-0.2, -0.15) is 5.06 Å². The van der Waals surface area contributed by atoms with Gasteiger partial charge in [0, 0.05) is 15.2 Å². The Morgan fingerprint density at radius 2 is 1.50 bits per heavy atom. The molecule has 0 unspecified atom stereocenters. The van der Waals surface area contributed by atoms with Crippen LogP contribution in [-0.2, 0) is 4.84 Å². The van der Waals surface area contributed by atoms with E-state index >= 15 is 0 Å². The molecule has 4 nitrogen and oxygen atoms in total. The number of hydrogen-bond donors (Lipinski definition) is 0. The van der Waals surface area contributed by atoms with Crippen LogP contribution >= 0.6 is 27.5 Å². The van der Waals surface area contributed by atoms with Crippen molar-refractivity contribution in [2.24, 2.45) is 0 Å². The van der Waals surface area contributed by atoms with E-state index in [1.807, 2.05) is 66.7 Å². The minimum absolute atomic E-state index is 0.431. The molecule has 1 atom stereocenters. The number of nitrogens with zero attached hydrogens (tertiary/aromatic N) is 2. The van der Waals surface area contributed by atoms with Crippen LogP contribution in [0.5, 0.6) is 0 Å². The van der Waals surface area contributed by atoms with Crippen molar-refractivity contribution < 1.29 is 9.63 Å². The van der Waals surface area contributed by atoms with Crippen molar-refractivity contribution in [2.75, 3.05) is 9.96 Å². The number of carbonyl (C=O) groups is 1. The molecule has 4 rings (SSSR count). The Kier molecular flexibility index (Phi) is 4.57. The lowest BCUT2D eigenvalue weighted by molar-refractivity contribution is 0.164. The molecule has 1 heterocycles. The molecule has 26 heavy (non-hydrogen) atoms. The predicted molar refractivity (Wildman–Crippen MR) is 106 cm³/mol. The van der Waals surface area contributed by atoms with E-state index in [-0.39, 0.29) is 0 Å². The first kappa shape index (κ1) is 16.9. The van der Waals surface area contributed by atoms with Crippen LogP contribution in [0, 0.1) is 0 Å². The molecular formula is C20H14BrClN2O2. The number of para-hydroxylation sites is 1. The van der Waals surface area contributed by atoms with Crippen LogP contribution in [-0.4, -0.2) is 6.09 Å². The minimum Gasteiger partial charge on any atom is -0.319 e. The largest absolute Gasteiger partial charge is 0.440 e. The van der Waals surface area contributed by atoms with Crippen molar-refractivity contribution in [1.82, 2.24) is 0 Å². The molecule has 0 bridgehead atoms. The van der Waals surface area contributed by atoms with E-state index in [4.69, 9.17) is 16.4 Å². The summed E-state index contributed by atoms with van der Waals surface area (Å²) in [6, 6.07) is 24.5. The fourth-order valence-electron chi connectivity index (χ4n) is 2.92. The van der Waals surface area contributed by atoms with Gasteiger partial charge in [0.15, 0.2) is 6.17 Å². The highest BCUT2D eigenvalue weighted by atomic mass is 79.9. The number of hydroxylamine groups is 1. The summed E-state index contributed by atoms with van der Waals surface area (Å²) in [4.78, 5) is 19.9. The molecule has 0 radical (unpaired) electrons. The van der Waals surface area contributed by atoms with Crippen molar-refractivity contribution in [1.29, 1.82) is 0 Å². The molecule has 1 aliphatic heterocycles. The summed E-state index contributed by atoms with van der Waals surface area (Å²) >= 11 is 9.45. The molecule has 0 aromatic heterocycles. The number of halogens is 2. The predicted octanol–water partition coefficient (Wildman–Crippen LogP) is 6.18. The van der Waals surface area contributed by atoms with E-state index in [1.165, 1.54) is 0 Å². The van der Waals surface area contributed by atoms with Gasteiger partial charge < -0.3 is 4.84 Å². The average molecular weight is 430 g/mol. The molecule has 130 valence electrons. The molecule has 0 spiro atoms. The van der Waals surface area contributed by atoms with E-state index in [0.717, 1.165) is 15.7 Å². The second-order valence-corrected chi connectivity index (χ2v) is 7.14. The molecule has 6 heteroatoms. The maximum Gasteiger partial charge on any atom is 0.440 e. The molecule has 0 saturated carbocycles. The van der Waals surface area contributed by atoms with Crippen LogP contribution in [0.4, 0.5) is 16.2 Å². The maximum atomic E-state index is 12.7. The Labute approximate surface area is 164 Å². The maximum absolute atomic E-state index is 12.7. The molecular weight excluding hydrogens is 416 g/mol. The Balaban J connectivity index is 1.82. The second-order valence-electron chi connectivity index (χ2n) is 5.79. The van der Waals surface area contributed by atoms with Gasteiger partial charge in [0.25, 0.3) is 0 Å². The molecule has 0 N–H and O–H groups in total. The third-order valence-corrected chi connectivity index (χ3v) is 4.90. The highest BCUT2D eigenvalue weighted by Gasteiger charge is 2.42. The fourth-order valence-corrected chi connectivity index (χ4v) is 3.31. The van der Waals surface area contributed by atoms with Crippen molar-refractivity contribution in [2.45, 2.75) is 6.17 Å². The lowest BCUT2D eigenvalue weighted by atomic mass is 10.1. The quantitative estimate of drug-likeness (QED) is 0.498. The second kappa shape index (κ2) is 7.02. The van der Waals surface area contributed by atoms with Gasteiger partial charge in [-0.3, -0.25) is 0 Å². The van der Waals surface area contributed by atoms with Crippen LogP contribution in [0.1, 0.15) is 11.7 Å². The zero-order chi connectivity index (χ0) is 18.1. The van der Waals surface area contributed by atoms with E-state index in [9.17, 15) is 4.79 Å². The minimum atomic E-state index is -0.441. The van der Waals surface area contributed by atoms with E-state index in [2.05, 4.69) is 15.9 Å². The van der Waals surface area contributed by atoms with Crippen molar-refractivity contribution in [3.8, 4) is 0 Å². The van der Waals surface area contributed by atoms with Crippen LogP contribution in [0.2, 0.25) is 5.02 Å². The number of benzene rings is 3. The summed E-state index contributed by atoms with van der Waals surface area (Å²) in [7, 11) is 0. The fraction of sp³-hybridized carbons (Fsp3) is 0.0500. The average Bonchev–Trinajstić information content (AvgIpc) is 3.01. The molecule has 1 aliphatic rings. The van der Waals surface area contributed by atoms with E-state index in [0.29, 0.717) is 10.7 Å². The number of rotatable bonds is 3. The molecule has 1 amide bonds. The Bertz CT molecular complexity index is 917. The summed E-state index contributed by atoms with van der Waals surface area (Å²) in [5, 5.41) is 2.24. The van der Waals surface area contributed by atoms with Gasteiger partial charge in [0.05, 0.1) is 5.69 Å². The topological polar surface area (TPSA) is 32.8 Å². The number of hydrogen-bond acceptors (Lipinski definition) is 3. The SMILES string of the molecule is O=C1ON(c2ccccc2)[C@@H](c2ccc(Br)cc2)N1c1ccc(Cl)cc1. The first-order chi connectivity index (χ1) is 12.6. The third kappa shape index (κ3) is 3.16. The molecule has 1 saturated heterocycles. The monoisotopic (exact) mass is 428 g/mol. The summed E-state index contributed by atoms with van der Waals surface area (Å²) in [6.45, 7) is 0. The van der Waals surface area contributed by atoms with Crippen molar-refractivity contribution in [3.63, 3.8) is 0 Å². The number of carbonyl (C=O) groups excluding carboxylic acids is 1. The Hall–Kier alpha value is -2.50. The first-order valence-corrected chi connectivity index (χ1v) is 9.17. The summed E-state index contributed by atoms with van der Waals surface area (Å²) in [5.74, 6) is 0. The Morgan fingerprint density at radius 1 is 0.846 bits per heavy atom. The van der Waals surface area contributed by atoms with Crippen LogP contribution in [0.3, 0.4) is 0 Å². The van der Waals surface area contributed by atoms with Gasteiger partial charge in [-0.05, 0) is 54.1 Å². The highest BCUT2D eigenvalue weighted by Crippen LogP contribution is 2.40. The summed E-state index contributed by atoms with van der Waals surface area (Å²) < 4.78 is 0.968. The van der Waals surface area contributed by atoms with Gasteiger partial charge in [-0.1, -0.05) is 57.9 Å². The van der Waals surface area contributed by atoms with Crippen molar-refractivity contribution >= 4 is 45.0 Å². The highest BCUT2D eigenvalue weighted by molar-refractivity contribution is 9.10. The standard InChI is InChI=1S/C20H14BrClN2O2/c21-15-8-6-14(7-9-15)19-23(17-12-10-16(22)11-13-17)20(25)26-24(19)18-4-2-1-3-5-18/h1-13,19H/t19-/m0/s1. The van der Waals surface area contributed by atoms with Gasteiger partial charge in [0.2, 0.25) is 0 Å². The number of amides is 1. The summed E-state index contributed by atoms with van der Waals surface area (Å²) in [5.41, 5.74) is 2.44. The molecule has 1 fully saturated rings. The smallest absolute Gasteiger partial charge is 0.319 e. The van der Waals surface area contributed by atoms with Gasteiger partial charge >= 0.3 is 6.09 Å². The molecule has 0 aliphatic carbocycles. The third-order valence-electron chi connectivity index (χ3n) is 4.12. The van der Waals surface area contributed by atoms with E-state index < -0.39 is 12.3 Å². The van der Waals surface area contributed by atoms with Crippen LogP contribution in [0.15, 0.2) is 83.3 Å². The van der Waals surface area contributed by atoms with Gasteiger partial charge in [-0.25, -0.2) is 9.69 Å². The Morgan fingerprint density at radius 3 is 2.15 bits per heavy atom. The zero-order valence-corrected chi connectivity index (χ0v) is 15.9. The molecule has 3 aromatic carbocycles. The number of anilines is 2. The van der Waals surface area contributed by atoms with Crippen LogP contribution in [0.25, 0.3) is 0 Å². The normalized spacial score (nSPS) is 16.7. The molecule has 3 aromatic rings. The lowest BCUT2D eigenvalue weighted by Crippen LogP contribution is -2.31. The summed E-state index contributed by atoms with van der Waals surface area (Å²) in [6.07, 6.45) is -0.872. The lowest BCUT2D eigenvalue weighted by Gasteiger charge is -2.27. The van der Waals surface area contributed by atoms with Gasteiger partial charge in [-0.15, -0.1) is 0 Å². The zero-order valence-electron chi connectivity index (χ0n) is 13.5. The van der Waals surface area contributed by atoms with Gasteiger partial charge in [0.1, 0.15) is 0 Å². The van der Waals surface area contributed by atoms with E-state index in [1.54, 1.807) is 22.1 Å².